The van der Waals surface area contributed by atoms with Gasteiger partial charge in [-0.2, -0.15) is 0 Å². The van der Waals surface area contributed by atoms with Crippen molar-refractivity contribution in [1.29, 1.82) is 0 Å². The van der Waals surface area contributed by atoms with E-state index in [4.69, 9.17) is 26.1 Å². The molecule has 6 rings (SSSR count). The summed E-state index contributed by atoms with van der Waals surface area (Å²) in [6.45, 7) is 0. The van der Waals surface area contributed by atoms with E-state index in [-0.39, 0.29) is 17.8 Å². The van der Waals surface area contributed by atoms with E-state index in [9.17, 15) is 10.1 Å². The molecule has 5 aromatic rings. The van der Waals surface area contributed by atoms with Crippen LogP contribution in [0.5, 0.6) is 17.2 Å². The number of benzene rings is 3. The van der Waals surface area contributed by atoms with Crippen molar-refractivity contribution in [2.75, 3.05) is 12.0 Å². The second-order valence-corrected chi connectivity index (χ2v) is 9.66. The number of anilines is 1. The van der Waals surface area contributed by atoms with Crippen molar-refractivity contribution in [3.63, 3.8) is 0 Å². The van der Waals surface area contributed by atoms with Gasteiger partial charge in [0.05, 0.1) is 23.8 Å². The van der Waals surface area contributed by atoms with Crippen LogP contribution < -0.4 is 19.7 Å². The first-order chi connectivity index (χ1) is 20.0. The van der Waals surface area contributed by atoms with Crippen LogP contribution in [0.1, 0.15) is 23.5 Å². The normalized spacial score (nSPS) is 16.3. The van der Waals surface area contributed by atoms with Crippen LogP contribution in [0.2, 0.25) is 0 Å². The highest BCUT2D eigenvalue weighted by Gasteiger charge is 2.42. The standard InChI is InChI=1S/C31H24N4O5S/c1-38-23-13-15-25(16-14-23)39-24-11-9-21(10-12-24)34-30(29(33-31(34)41)26-4-2-3-19-32-26)28-18-17-27(40-28)20-5-7-22(8-6-20)35(36)37/h2-19,29-30H,1H3,(H,33,41). The average molecular weight is 565 g/mol. The van der Waals surface area contributed by atoms with Gasteiger partial charge in [0.25, 0.3) is 5.69 Å². The molecule has 204 valence electrons. The van der Waals surface area contributed by atoms with Crippen molar-refractivity contribution < 1.29 is 18.8 Å². The Hall–Kier alpha value is -5.22. The van der Waals surface area contributed by atoms with Crippen LogP contribution in [0, 0.1) is 10.1 Å². The molecule has 2 unspecified atom stereocenters. The van der Waals surface area contributed by atoms with Crippen LogP contribution in [-0.4, -0.2) is 22.1 Å². The lowest BCUT2D eigenvalue weighted by Crippen LogP contribution is -2.29. The molecule has 1 aliphatic heterocycles. The van der Waals surface area contributed by atoms with Gasteiger partial charge in [-0.25, -0.2) is 0 Å². The van der Waals surface area contributed by atoms with Gasteiger partial charge in [0.2, 0.25) is 0 Å². The van der Waals surface area contributed by atoms with E-state index in [1.54, 1.807) is 25.4 Å². The zero-order valence-corrected chi connectivity index (χ0v) is 22.7. The zero-order chi connectivity index (χ0) is 28.3. The first kappa shape index (κ1) is 26.0. The number of thiocarbonyl (C=S) groups is 1. The number of nitrogens with zero attached hydrogens (tertiary/aromatic N) is 3. The lowest BCUT2D eigenvalue weighted by molar-refractivity contribution is -0.384. The minimum atomic E-state index is -0.425. The summed E-state index contributed by atoms with van der Waals surface area (Å²) in [7, 11) is 1.62. The number of nitro benzene ring substituents is 1. The Morgan fingerprint density at radius 1 is 0.902 bits per heavy atom. The molecule has 1 aliphatic rings. The minimum absolute atomic E-state index is 0.0201. The van der Waals surface area contributed by atoms with Gasteiger partial charge in [-0.15, -0.1) is 0 Å². The third-order valence-electron chi connectivity index (χ3n) is 6.79. The molecule has 0 radical (unpaired) electrons. The summed E-state index contributed by atoms with van der Waals surface area (Å²) in [6, 6.07) is 30.2. The molecule has 1 N–H and O–H groups in total. The minimum Gasteiger partial charge on any atom is -0.497 e. The van der Waals surface area contributed by atoms with E-state index in [0.29, 0.717) is 28.1 Å². The second kappa shape index (κ2) is 11.1. The highest BCUT2D eigenvalue weighted by Crippen LogP contribution is 2.43. The Morgan fingerprint density at radius 3 is 2.22 bits per heavy atom. The maximum Gasteiger partial charge on any atom is 0.269 e. The third kappa shape index (κ3) is 5.32. The van der Waals surface area contributed by atoms with Gasteiger partial charge in [0, 0.05) is 29.6 Å². The Balaban J connectivity index is 1.32. The number of methoxy groups -OCH3 is 1. The van der Waals surface area contributed by atoms with Crippen LogP contribution in [0.4, 0.5) is 11.4 Å². The molecule has 10 heteroatoms. The molecule has 1 saturated heterocycles. The van der Waals surface area contributed by atoms with Gasteiger partial charge in [0.1, 0.15) is 34.8 Å². The largest absolute Gasteiger partial charge is 0.497 e. The molecule has 2 aromatic heterocycles. The third-order valence-corrected chi connectivity index (χ3v) is 7.10. The molecule has 1 fully saturated rings. The predicted octanol–water partition coefficient (Wildman–Crippen LogP) is 7.23. The molecule has 3 heterocycles. The number of aromatic nitrogens is 1. The first-order valence-electron chi connectivity index (χ1n) is 12.8. The molecule has 3 aromatic carbocycles. The van der Waals surface area contributed by atoms with Gasteiger partial charge in [-0.3, -0.25) is 15.1 Å². The molecule has 0 aliphatic carbocycles. The SMILES string of the molecule is COc1ccc(Oc2ccc(N3C(=S)NC(c4ccccn4)C3c3ccc(-c4ccc([N+](=O)[O-])cc4)o3)cc2)cc1. The fraction of sp³-hybridized carbons (Fsp3) is 0.0968. The van der Waals surface area contributed by atoms with E-state index < -0.39 is 4.92 Å². The van der Waals surface area contributed by atoms with Crippen molar-refractivity contribution in [2.24, 2.45) is 0 Å². The van der Waals surface area contributed by atoms with E-state index in [1.165, 1.54) is 12.1 Å². The number of nitrogens with one attached hydrogen (secondary N) is 1. The summed E-state index contributed by atoms with van der Waals surface area (Å²) in [5.74, 6) is 3.38. The van der Waals surface area contributed by atoms with Crippen molar-refractivity contribution in [1.82, 2.24) is 10.3 Å². The summed E-state index contributed by atoms with van der Waals surface area (Å²) >= 11 is 5.82. The highest BCUT2D eigenvalue weighted by atomic mass is 32.1. The Labute approximate surface area is 241 Å². The summed E-state index contributed by atoms with van der Waals surface area (Å²) in [4.78, 5) is 17.2. The van der Waals surface area contributed by atoms with Crippen molar-refractivity contribution in [3.05, 3.63) is 131 Å². The Morgan fingerprint density at radius 2 is 1.59 bits per heavy atom. The molecular formula is C31H24N4O5S. The summed E-state index contributed by atoms with van der Waals surface area (Å²) < 4.78 is 17.6. The van der Waals surface area contributed by atoms with Gasteiger partial charge >= 0.3 is 0 Å². The van der Waals surface area contributed by atoms with Crippen LogP contribution in [0.25, 0.3) is 11.3 Å². The number of hydrogen-bond donors (Lipinski definition) is 1. The fourth-order valence-corrected chi connectivity index (χ4v) is 5.14. The average Bonchev–Trinajstić information content (AvgIpc) is 3.63. The lowest BCUT2D eigenvalue weighted by atomic mass is 10.0. The highest BCUT2D eigenvalue weighted by molar-refractivity contribution is 7.80. The topological polar surface area (TPSA) is 103 Å². The smallest absolute Gasteiger partial charge is 0.269 e. The van der Waals surface area contributed by atoms with Crippen LogP contribution in [0.3, 0.4) is 0 Å². The maximum absolute atomic E-state index is 11.1. The summed E-state index contributed by atoms with van der Waals surface area (Å²) in [5, 5.41) is 15.0. The number of ether oxygens (including phenoxy) is 2. The first-order valence-corrected chi connectivity index (χ1v) is 13.2. The van der Waals surface area contributed by atoms with E-state index in [2.05, 4.69) is 10.3 Å². The molecular weight excluding hydrogens is 540 g/mol. The number of hydrogen-bond acceptors (Lipinski definition) is 7. The van der Waals surface area contributed by atoms with Gasteiger partial charge in [0.15, 0.2) is 5.11 Å². The number of pyridine rings is 1. The quantitative estimate of drug-likeness (QED) is 0.119. The molecule has 2 atom stereocenters. The van der Waals surface area contributed by atoms with E-state index in [1.807, 2.05) is 83.8 Å². The number of nitro groups is 1. The molecule has 9 nitrogen and oxygen atoms in total. The number of non-ortho nitro benzene ring substituents is 1. The number of rotatable bonds is 8. The number of furan rings is 1. The molecule has 0 bridgehead atoms. The second-order valence-electron chi connectivity index (χ2n) is 9.27. The van der Waals surface area contributed by atoms with Crippen molar-refractivity contribution >= 4 is 28.7 Å². The summed E-state index contributed by atoms with van der Waals surface area (Å²) in [6.07, 6.45) is 1.75. The van der Waals surface area contributed by atoms with E-state index in [0.717, 1.165) is 22.7 Å². The maximum atomic E-state index is 11.1. The molecule has 0 amide bonds. The van der Waals surface area contributed by atoms with Crippen molar-refractivity contribution in [2.45, 2.75) is 12.1 Å². The Bertz CT molecular complexity index is 1670. The molecule has 0 spiro atoms. The predicted molar refractivity (Wildman–Crippen MR) is 158 cm³/mol. The zero-order valence-electron chi connectivity index (χ0n) is 21.8. The van der Waals surface area contributed by atoms with E-state index >= 15 is 0 Å². The van der Waals surface area contributed by atoms with Crippen LogP contribution in [-0.2, 0) is 0 Å². The van der Waals surface area contributed by atoms with Crippen LogP contribution in [0.15, 0.2) is 114 Å². The summed E-state index contributed by atoms with van der Waals surface area (Å²) in [5.41, 5.74) is 2.42. The molecule has 41 heavy (non-hydrogen) atoms. The van der Waals surface area contributed by atoms with Gasteiger partial charge in [-0.05, 0) is 97.1 Å². The van der Waals surface area contributed by atoms with Crippen LogP contribution >= 0.6 is 12.2 Å². The van der Waals surface area contributed by atoms with Crippen molar-refractivity contribution in [3.8, 4) is 28.6 Å². The lowest BCUT2D eigenvalue weighted by Gasteiger charge is -2.26. The monoisotopic (exact) mass is 564 g/mol. The van der Waals surface area contributed by atoms with Gasteiger partial charge < -0.3 is 24.1 Å². The molecule has 0 saturated carbocycles. The fourth-order valence-electron chi connectivity index (χ4n) is 4.79. The van der Waals surface area contributed by atoms with Gasteiger partial charge in [-0.1, -0.05) is 6.07 Å². The Kier molecular flexibility index (Phi) is 7.05.